The van der Waals surface area contributed by atoms with E-state index in [1.807, 2.05) is 7.05 Å². The van der Waals surface area contributed by atoms with Gasteiger partial charge in [0.15, 0.2) is 9.76 Å². The Morgan fingerprint density at radius 3 is 2.11 bits per heavy atom. The third-order valence-electron chi connectivity index (χ3n) is 1.12. The molecule has 0 radical (unpaired) electrons. The van der Waals surface area contributed by atoms with Crippen LogP contribution in [-0.2, 0) is 0 Å². The van der Waals surface area contributed by atoms with Gasteiger partial charge < -0.3 is 13.0 Å². The molecule has 0 aromatic rings. The van der Waals surface area contributed by atoms with E-state index in [-0.39, 0.29) is 62.0 Å². The molecule has 0 spiro atoms. The molecule has 0 heterocycles. The average molecular weight is 167 g/mol. The van der Waals surface area contributed by atoms with Crippen LogP contribution in [0.2, 0.25) is 0 Å². The van der Waals surface area contributed by atoms with Crippen LogP contribution >= 0.6 is 0 Å². The van der Waals surface area contributed by atoms with Crippen LogP contribution < -0.4 is 64.4 Å². The molecule has 0 amide bonds. The minimum Gasteiger partial charge on any atom is -1.00 e. The summed E-state index contributed by atoms with van der Waals surface area (Å²) >= 11 is 0. The van der Waals surface area contributed by atoms with Gasteiger partial charge in [-0.05, 0) is 13.5 Å². The Bertz CT molecular complexity index is 47.6. The number of rotatable bonds is 3. The van der Waals surface area contributed by atoms with Gasteiger partial charge in [-0.15, -0.1) is 0 Å². The van der Waals surface area contributed by atoms with Crippen LogP contribution in [0.3, 0.4) is 0 Å². The van der Waals surface area contributed by atoms with Gasteiger partial charge in [-0.25, -0.2) is 0 Å². The minimum absolute atomic E-state index is 0. The monoisotopic (exact) mass is 167 g/mol. The fourth-order valence-electron chi connectivity index (χ4n) is 0.425. The van der Waals surface area contributed by atoms with Gasteiger partial charge in [-0.1, -0.05) is 6.92 Å². The summed E-state index contributed by atoms with van der Waals surface area (Å²) in [6.45, 7) is 2.07. The zero-order valence-electron chi connectivity index (χ0n) is 8.94. The van der Waals surface area contributed by atoms with Gasteiger partial charge in [0.1, 0.15) is 0 Å². The maximum absolute atomic E-state index is 8.60. The van der Waals surface area contributed by atoms with Crippen molar-refractivity contribution in [2.75, 3.05) is 7.05 Å². The summed E-state index contributed by atoms with van der Waals surface area (Å²) in [5.74, 6) is 0. The molecule has 1 unspecified atom stereocenters. The fraction of sp³-hybridized carbons (Fsp3) is 1.00. The summed E-state index contributed by atoms with van der Waals surface area (Å²) < 4.78 is 0. The van der Waals surface area contributed by atoms with E-state index in [1.54, 1.807) is 0 Å². The third-order valence-corrected chi connectivity index (χ3v) is 2.55. The van der Waals surface area contributed by atoms with Crippen molar-refractivity contribution in [1.82, 2.24) is 5.32 Å². The summed E-state index contributed by atoms with van der Waals surface area (Å²) in [4.78, 5) is 8.60. The number of nitrogens with one attached hydrogen (secondary N) is 1. The molecular weight excluding hydrogens is 152 g/mol. The van der Waals surface area contributed by atoms with Gasteiger partial charge >= 0.3 is 59.1 Å². The van der Waals surface area contributed by atoms with Crippen molar-refractivity contribution in [1.29, 1.82) is 0 Å². The first-order valence-corrected chi connectivity index (χ1v) is 4.08. The van der Waals surface area contributed by atoms with E-state index in [1.165, 1.54) is 0 Å². The molecule has 9 heavy (non-hydrogen) atoms. The SMILES string of the molecule is CCC(NC)[SiH2]O.[H-].[H-].[Na+].[Na+]. The molecule has 0 bridgehead atoms. The van der Waals surface area contributed by atoms with E-state index < -0.39 is 9.76 Å². The fourth-order valence-corrected chi connectivity index (χ4v) is 0.865. The summed E-state index contributed by atoms with van der Waals surface area (Å²) in [5.41, 5.74) is 0.431. The Morgan fingerprint density at radius 1 is 1.67 bits per heavy atom. The molecule has 0 fully saturated rings. The molecule has 48 valence electrons. The van der Waals surface area contributed by atoms with E-state index in [0.29, 0.717) is 5.67 Å². The largest absolute Gasteiger partial charge is 1.00 e. The Balaban J connectivity index is -0.0000000300. The molecule has 1 atom stereocenters. The molecule has 0 aliphatic heterocycles. The van der Waals surface area contributed by atoms with Crippen LogP contribution in [0, 0.1) is 0 Å². The second-order valence-corrected chi connectivity index (χ2v) is 2.93. The maximum Gasteiger partial charge on any atom is 1.00 e. The third kappa shape index (κ3) is 10.1. The zero-order valence-corrected chi connectivity index (χ0v) is 12.4. The molecule has 0 aliphatic carbocycles. The van der Waals surface area contributed by atoms with Crippen molar-refractivity contribution in [2.24, 2.45) is 0 Å². The number of hydrogen-bond acceptors (Lipinski definition) is 2. The molecule has 0 saturated carbocycles. The van der Waals surface area contributed by atoms with Crippen LogP contribution in [0.1, 0.15) is 16.2 Å². The van der Waals surface area contributed by atoms with E-state index >= 15 is 0 Å². The zero-order chi connectivity index (χ0) is 5.70. The smallest absolute Gasteiger partial charge is 1.00 e. The molecule has 5 heteroatoms. The predicted octanol–water partition coefficient (Wildman–Crippen LogP) is -6.75. The van der Waals surface area contributed by atoms with Crippen LogP contribution in [0.25, 0.3) is 0 Å². The molecule has 2 nitrogen and oxygen atoms in total. The van der Waals surface area contributed by atoms with Crippen LogP contribution in [0.5, 0.6) is 0 Å². The second kappa shape index (κ2) is 12.8. The van der Waals surface area contributed by atoms with Gasteiger partial charge in [0.2, 0.25) is 0 Å². The van der Waals surface area contributed by atoms with Crippen molar-refractivity contribution < 1.29 is 66.8 Å². The van der Waals surface area contributed by atoms with Gasteiger partial charge in [0.05, 0.1) is 0 Å². The van der Waals surface area contributed by atoms with Crippen LogP contribution in [0.15, 0.2) is 0 Å². The van der Waals surface area contributed by atoms with Crippen molar-refractivity contribution in [3.05, 3.63) is 0 Å². The first-order valence-electron chi connectivity index (χ1n) is 2.63. The molecule has 0 rings (SSSR count). The van der Waals surface area contributed by atoms with Gasteiger partial charge in [-0.3, -0.25) is 0 Å². The normalized spacial score (nSPS) is 12.3. The molecule has 0 aliphatic rings. The predicted molar refractivity (Wildman–Crippen MR) is 36.1 cm³/mol. The second-order valence-electron chi connectivity index (χ2n) is 1.58. The van der Waals surface area contributed by atoms with Gasteiger partial charge in [-0.2, -0.15) is 0 Å². The van der Waals surface area contributed by atoms with Crippen molar-refractivity contribution in [2.45, 2.75) is 19.0 Å². The minimum atomic E-state index is -0.783. The topological polar surface area (TPSA) is 32.3 Å². The standard InChI is InChI=1S/C4H13NOSi.2Na.2H/c1-3-4(5-2)7-6;;;;/h4-6H,3,7H2,1-2H3;;;;/q;2*+1;2*-1. The first-order chi connectivity index (χ1) is 3.35. The van der Waals surface area contributed by atoms with E-state index in [4.69, 9.17) is 4.80 Å². The molecule has 2 N–H and O–H groups in total. The van der Waals surface area contributed by atoms with Gasteiger partial charge in [0.25, 0.3) is 0 Å². The molecular formula is C4H15NNa2OSi. The van der Waals surface area contributed by atoms with E-state index in [9.17, 15) is 0 Å². The van der Waals surface area contributed by atoms with E-state index in [2.05, 4.69) is 12.2 Å². The Hall–Kier alpha value is 2.14. The van der Waals surface area contributed by atoms with Crippen molar-refractivity contribution >= 4 is 9.76 Å². The van der Waals surface area contributed by atoms with Crippen LogP contribution in [-0.4, -0.2) is 27.3 Å². The van der Waals surface area contributed by atoms with Crippen molar-refractivity contribution in [3.8, 4) is 0 Å². The summed E-state index contributed by atoms with van der Waals surface area (Å²) in [5, 5.41) is 3.01. The summed E-state index contributed by atoms with van der Waals surface area (Å²) in [7, 11) is 1.10. The Morgan fingerprint density at radius 2 is 2.11 bits per heavy atom. The summed E-state index contributed by atoms with van der Waals surface area (Å²) in [6.07, 6.45) is 1.05. The van der Waals surface area contributed by atoms with Crippen LogP contribution in [0.4, 0.5) is 0 Å². The molecule has 0 aromatic carbocycles. The van der Waals surface area contributed by atoms with Gasteiger partial charge in [0, 0.05) is 5.67 Å². The summed E-state index contributed by atoms with van der Waals surface area (Å²) in [6, 6.07) is 0. The number of hydrogen-bond donors (Lipinski definition) is 2. The Labute approximate surface area is 107 Å². The molecule has 0 aromatic heterocycles. The first kappa shape index (κ1) is 17.3. The quantitative estimate of drug-likeness (QED) is 0.410. The molecule has 0 saturated heterocycles. The average Bonchev–Trinajstić information content (AvgIpc) is 1.72. The van der Waals surface area contributed by atoms with E-state index in [0.717, 1.165) is 6.42 Å². The Kier molecular flexibility index (Phi) is 24.5. The maximum atomic E-state index is 8.60. The van der Waals surface area contributed by atoms with Crippen molar-refractivity contribution in [3.63, 3.8) is 0 Å².